The number of likely N-dealkylation sites (N-methyl/N-ethyl adjacent to an activating group) is 1. The van der Waals surface area contributed by atoms with Gasteiger partial charge in [-0.15, -0.1) is 0 Å². The molecule has 0 radical (unpaired) electrons. The van der Waals surface area contributed by atoms with Gasteiger partial charge in [0.1, 0.15) is 11.5 Å². The average Bonchev–Trinajstić information content (AvgIpc) is 2.98. The zero-order chi connectivity index (χ0) is 14.4. The van der Waals surface area contributed by atoms with Gasteiger partial charge in [-0.2, -0.15) is 0 Å². The van der Waals surface area contributed by atoms with Crippen LogP contribution in [0.2, 0.25) is 0 Å². The van der Waals surface area contributed by atoms with Crippen LogP contribution in [0, 0.1) is 0 Å². The fraction of sp³-hybridized carbons (Fsp3) is 0.312. The molecule has 0 saturated heterocycles. The van der Waals surface area contributed by atoms with Crippen LogP contribution in [0.4, 0.5) is 0 Å². The normalized spacial score (nSPS) is 10.3. The van der Waals surface area contributed by atoms with Crippen molar-refractivity contribution in [2.75, 3.05) is 13.7 Å². The van der Waals surface area contributed by atoms with Gasteiger partial charge in [-0.1, -0.05) is 19.1 Å². The van der Waals surface area contributed by atoms with Gasteiger partial charge < -0.3 is 14.1 Å². The van der Waals surface area contributed by atoms with Gasteiger partial charge in [0.2, 0.25) is 0 Å². The van der Waals surface area contributed by atoms with Gasteiger partial charge in [-0.3, -0.25) is 4.79 Å². The average molecular weight is 273 g/mol. The van der Waals surface area contributed by atoms with Crippen LogP contribution in [0.1, 0.15) is 18.2 Å². The minimum atomic E-state index is -0.0824. The summed E-state index contributed by atoms with van der Waals surface area (Å²) >= 11 is 0. The summed E-state index contributed by atoms with van der Waals surface area (Å²) in [5.41, 5.74) is 1.25. The van der Waals surface area contributed by atoms with Gasteiger partial charge in [-0.05, 0) is 36.2 Å². The predicted octanol–water partition coefficient (Wildman–Crippen LogP) is 2.88. The summed E-state index contributed by atoms with van der Waals surface area (Å²) in [6.45, 7) is 2.58. The van der Waals surface area contributed by atoms with Crippen LogP contribution in [0.3, 0.4) is 0 Å². The van der Waals surface area contributed by atoms with Crippen LogP contribution in [0.5, 0.6) is 5.75 Å². The molecule has 0 fully saturated rings. The van der Waals surface area contributed by atoms with E-state index in [0.29, 0.717) is 12.3 Å². The van der Waals surface area contributed by atoms with Crippen molar-refractivity contribution in [1.29, 1.82) is 0 Å². The highest BCUT2D eigenvalue weighted by Gasteiger charge is 2.11. The summed E-state index contributed by atoms with van der Waals surface area (Å²) in [7, 11) is 1.73. The van der Waals surface area contributed by atoms with Crippen molar-refractivity contribution in [3.8, 4) is 5.75 Å². The summed E-state index contributed by atoms with van der Waals surface area (Å²) in [6.07, 6.45) is 2.59. The highest BCUT2D eigenvalue weighted by atomic mass is 16.5. The Balaban J connectivity index is 1.81. The number of rotatable bonds is 6. The molecular formula is C16H19NO3. The number of aryl methyl sites for hydroxylation is 1. The van der Waals surface area contributed by atoms with E-state index in [2.05, 4.69) is 6.92 Å². The van der Waals surface area contributed by atoms with Crippen LogP contribution < -0.4 is 4.74 Å². The van der Waals surface area contributed by atoms with Crippen LogP contribution in [-0.4, -0.2) is 24.5 Å². The number of hydrogen-bond acceptors (Lipinski definition) is 3. The second kappa shape index (κ2) is 6.80. The second-order valence-corrected chi connectivity index (χ2v) is 4.62. The van der Waals surface area contributed by atoms with Crippen molar-refractivity contribution in [1.82, 2.24) is 4.90 Å². The highest BCUT2D eigenvalue weighted by molar-refractivity contribution is 5.77. The zero-order valence-corrected chi connectivity index (χ0v) is 11.8. The third-order valence-corrected chi connectivity index (χ3v) is 3.09. The number of carbonyl (C=O) groups is 1. The maximum atomic E-state index is 11.9. The van der Waals surface area contributed by atoms with E-state index in [4.69, 9.17) is 9.15 Å². The first-order valence-electron chi connectivity index (χ1n) is 6.67. The monoisotopic (exact) mass is 273 g/mol. The minimum absolute atomic E-state index is 0.0304. The summed E-state index contributed by atoms with van der Waals surface area (Å²) in [6, 6.07) is 11.4. The fourth-order valence-electron chi connectivity index (χ4n) is 1.80. The molecule has 4 heteroatoms. The number of benzene rings is 1. The van der Waals surface area contributed by atoms with Crippen molar-refractivity contribution < 1.29 is 13.9 Å². The van der Waals surface area contributed by atoms with E-state index in [0.717, 1.165) is 12.2 Å². The van der Waals surface area contributed by atoms with E-state index < -0.39 is 0 Å². The predicted molar refractivity (Wildman–Crippen MR) is 76.5 cm³/mol. The molecule has 1 heterocycles. The number of carbonyl (C=O) groups excluding carboxylic acids is 1. The summed E-state index contributed by atoms with van der Waals surface area (Å²) < 4.78 is 10.7. The van der Waals surface area contributed by atoms with Gasteiger partial charge in [0.05, 0.1) is 12.8 Å². The number of furan rings is 1. The molecule has 0 spiro atoms. The fourth-order valence-corrected chi connectivity index (χ4v) is 1.80. The van der Waals surface area contributed by atoms with Gasteiger partial charge in [0.25, 0.3) is 5.91 Å². The Bertz CT molecular complexity index is 531. The quantitative estimate of drug-likeness (QED) is 0.812. The zero-order valence-electron chi connectivity index (χ0n) is 11.8. The number of ether oxygens (including phenoxy) is 1. The molecule has 20 heavy (non-hydrogen) atoms. The molecule has 0 aliphatic heterocycles. The second-order valence-electron chi connectivity index (χ2n) is 4.62. The van der Waals surface area contributed by atoms with Crippen LogP contribution >= 0.6 is 0 Å². The molecule has 0 unspecified atom stereocenters. The Morgan fingerprint density at radius 1 is 1.25 bits per heavy atom. The van der Waals surface area contributed by atoms with Gasteiger partial charge in [0.15, 0.2) is 6.61 Å². The lowest BCUT2D eigenvalue weighted by Gasteiger charge is -2.16. The van der Waals surface area contributed by atoms with Crippen LogP contribution in [0.25, 0.3) is 0 Å². The smallest absolute Gasteiger partial charge is 0.260 e. The Labute approximate surface area is 119 Å². The van der Waals surface area contributed by atoms with Crippen molar-refractivity contribution in [3.63, 3.8) is 0 Å². The van der Waals surface area contributed by atoms with E-state index in [1.54, 1.807) is 24.3 Å². The van der Waals surface area contributed by atoms with Crippen molar-refractivity contribution >= 4 is 5.91 Å². The molecule has 1 amide bonds. The molecular weight excluding hydrogens is 254 g/mol. The Morgan fingerprint density at radius 2 is 2.00 bits per heavy atom. The van der Waals surface area contributed by atoms with Crippen LogP contribution in [-0.2, 0) is 17.8 Å². The van der Waals surface area contributed by atoms with Gasteiger partial charge >= 0.3 is 0 Å². The number of nitrogens with zero attached hydrogens (tertiary/aromatic N) is 1. The maximum Gasteiger partial charge on any atom is 0.260 e. The number of amides is 1. The molecule has 0 aliphatic carbocycles. The van der Waals surface area contributed by atoms with Crippen molar-refractivity contribution in [2.24, 2.45) is 0 Å². The topological polar surface area (TPSA) is 42.7 Å². The Kier molecular flexibility index (Phi) is 4.82. The lowest BCUT2D eigenvalue weighted by molar-refractivity contribution is -0.132. The molecule has 1 aromatic carbocycles. The third kappa shape index (κ3) is 3.88. The van der Waals surface area contributed by atoms with Crippen molar-refractivity contribution in [3.05, 3.63) is 54.0 Å². The van der Waals surface area contributed by atoms with E-state index >= 15 is 0 Å². The first-order chi connectivity index (χ1) is 9.69. The molecule has 0 atom stereocenters. The van der Waals surface area contributed by atoms with E-state index in [1.165, 1.54) is 5.56 Å². The van der Waals surface area contributed by atoms with Gasteiger partial charge in [-0.25, -0.2) is 0 Å². The van der Waals surface area contributed by atoms with E-state index in [1.807, 2.05) is 30.3 Å². The van der Waals surface area contributed by atoms with E-state index in [-0.39, 0.29) is 12.5 Å². The lowest BCUT2D eigenvalue weighted by Crippen LogP contribution is -2.30. The van der Waals surface area contributed by atoms with Gasteiger partial charge in [0, 0.05) is 7.05 Å². The SMILES string of the molecule is CCc1ccc(OCC(=O)N(C)Cc2ccco2)cc1. The Hall–Kier alpha value is -2.23. The molecule has 0 saturated carbocycles. The lowest BCUT2D eigenvalue weighted by atomic mass is 10.2. The largest absolute Gasteiger partial charge is 0.484 e. The molecule has 1 aromatic heterocycles. The summed E-state index contributed by atoms with van der Waals surface area (Å²) in [5, 5.41) is 0. The van der Waals surface area contributed by atoms with E-state index in [9.17, 15) is 4.79 Å². The summed E-state index contributed by atoms with van der Waals surface area (Å²) in [4.78, 5) is 13.5. The molecule has 2 aromatic rings. The molecule has 2 rings (SSSR count). The number of hydrogen-bond donors (Lipinski definition) is 0. The first kappa shape index (κ1) is 14.2. The molecule has 0 aliphatic rings. The Morgan fingerprint density at radius 3 is 2.60 bits per heavy atom. The van der Waals surface area contributed by atoms with Crippen molar-refractivity contribution in [2.45, 2.75) is 19.9 Å². The first-order valence-corrected chi connectivity index (χ1v) is 6.67. The molecule has 4 nitrogen and oxygen atoms in total. The highest BCUT2D eigenvalue weighted by Crippen LogP contribution is 2.12. The molecule has 0 N–H and O–H groups in total. The third-order valence-electron chi connectivity index (χ3n) is 3.09. The molecule has 0 bridgehead atoms. The maximum absolute atomic E-state index is 11.9. The summed E-state index contributed by atoms with van der Waals surface area (Å²) in [5.74, 6) is 1.39. The standard InChI is InChI=1S/C16H19NO3/c1-3-13-6-8-14(9-7-13)20-12-16(18)17(2)11-15-5-4-10-19-15/h4-10H,3,11-12H2,1-2H3. The van der Waals surface area contributed by atoms with Crippen LogP contribution in [0.15, 0.2) is 47.1 Å². The molecule has 106 valence electrons. The minimum Gasteiger partial charge on any atom is -0.484 e.